The number of hydrogen-bond donors (Lipinski definition) is 1. The molecule has 1 N–H and O–H groups in total. The van der Waals surface area contributed by atoms with Gasteiger partial charge in [0.05, 0.1) is 23.1 Å². The van der Waals surface area contributed by atoms with Crippen LogP contribution in [0.4, 0.5) is 11.4 Å². The van der Waals surface area contributed by atoms with E-state index < -0.39 is 10.8 Å². The summed E-state index contributed by atoms with van der Waals surface area (Å²) in [4.78, 5) is 23.0. The lowest BCUT2D eigenvalue weighted by molar-refractivity contribution is -0.384. The first-order valence-corrected chi connectivity index (χ1v) is 8.93. The number of nitro benzene ring substituents is 1. The molecule has 2 aromatic carbocycles. The molecular weight excluding hydrogens is 423 g/mol. The molecule has 29 heavy (non-hydrogen) atoms. The summed E-state index contributed by atoms with van der Waals surface area (Å²) in [5, 5.41) is 14.5. The van der Waals surface area contributed by atoms with Crippen LogP contribution in [-0.4, -0.2) is 17.9 Å². The molecule has 0 fully saturated rings. The van der Waals surface area contributed by atoms with Crippen LogP contribution in [0.25, 0.3) is 0 Å². The summed E-state index contributed by atoms with van der Waals surface area (Å²) in [5.41, 5.74) is -0.284. The Hall–Kier alpha value is -3.23. The topological polar surface area (TPSA) is 104 Å². The van der Waals surface area contributed by atoms with Crippen LogP contribution in [0.2, 0.25) is 10.0 Å². The maximum absolute atomic E-state index is 12.4. The van der Waals surface area contributed by atoms with E-state index in [0.717, 1.165) is 0 Å². The van der Waals surface area contributed by atoms with Crippen LogP contribution in [0, 0.1) is 10.1 Å². The summed E-state index contributed by atoms with van der Waals surface area (Å²) in [6, 6.07) is 11.9. The Morgan fingerprint density at radius 2 is 1.97 bits per heavy atom. The second-order valence-electron chi connectivity index (χ2n) is 5.72. The fourth-order valence-electron chi connectivity index (χ4n) is 2.40. The van der Waals surface area contributed by atoms with E-state index in [1.54, 1.807) is 24.3 Å². The number of carbonyl (C=O) groups excluding carboxylic acids is 1. The van der Waals surface area contributed by atoms with E-state index in [-0.39, 0.29) is 23.7 Å². The Morgan fingerprint density at radius 1 is 1.17 bits per heavy atom. The molecule has 0 aliphatic heterocycles. The molecule has 3 rings (SSSR count). The SMILES string of the molecule is COc1ccc(NC(=O)c2ccc(COc3ccc(Cl)cc3Cl)o2)c([N+](=O)[O-])c1. The van der Waals surface area contributed by atoms with Crippen molar-refractivity contribution in [2.75, 3.05) is 12.4 Å². The Bertz CT molecular complexity index is 1070. The summed E-state index contributed by atoms with van der Waals surface area (Å²) in [6.45, 7) is 0.0251. The number of benzene rings is 2. The van der Waals surface area contributed by atoms with Gasteiger partial charge in [-0.3, -0.25) is 14.9 Å². The highest BCUT2D eigenvalue weighted by atomic mass is 35.5. The van der Waals surface area contributed by atoms with Crippen LogP contribution in [-0.2, 0) is 6.61 Å². The van der Waals surface area contributed by atoms with Crippen LogP contribution < -0.4 is 14.8 Å². The number of nitrogens with one attached hydrogen (secondary N) is 1. The minimum Gasteiger partial charge on any atom is -0.496 e. The van der Waals surface area contributed by atoms with E-state index in [1.165, 1.54) is 31.4 Å². The first kappa shape index (κ1) is 20.5. The molecule has 0 saturated heterocycles. The summed E-state index contributed by atoms with van der Waals surface area (Å²) in [7, 11) is 1.39. The van der Waals surface area contributed by atoms with E-state index in [1.807, 2.05) is 0 Å². The molecule has 0 aliphatic carbocycles. The standard InChI is InChI=1S/C19H14Cl2N2O6/c1-27-12-3-5-15(16(9-12)23(25)26)22-19(24)18-7-4-13(29-18)10-28-17-6-2-11(20)8-14(17)21/h2-9H,10H2,1H3,(H,22,24). The number of ether oxygens (including phenoxy) is 2. The minimum absolute atomic E-state index is 0.0166. The lowest BCUT2D eigenvalue weighted by Crippen LogP contribution is -2.12. The Labute approximate surface area is 175 Å². The molecule has 8 nitrogen and oxygen atoms in total. The number of nitro groups is 1. The van der Waals surface area contributed by atoms with Crippen molar-refractivity contribution in [1.82, 2.24) is 0 Å². The first-order chi connectivity index (χ1) is 13.9. The maximum atomic E-state index is 12.4. The van der Waals surface area contributed by atoms with Gasteiger partial charge in [0.25, 0.3) is 11.6 Å². The molecule has 1 aromatic heterocycles. The number of carbonyl (C=O) groups is 1. The lowest BCUT2D eigenvalue weighted by Gasteiger charge is -2.07. The quantitative estimate of drug-likeness (QED) is 0.396. The smallest absolute Gasteiger partial charge is 0.296 e. The zero-order valence-electron chi connectivity index (χ0n) is 15.0. The Morgan fingerprint density at radius 3 is 2.66 bits per heavy atom. The molecule has 0 unspecified atom stereocenters. The van der Waals surface area contributed by atoms with Crippen molar-refractivity contribution < 1.29 is 23.6 Å². The predicted molar refractivity (Wildman–Crippen MR) is 107 cm³/mol. The minimum atomic E-state index is -0.644. The van der Waals surface area contributed by atoms with Crippen LogP contribution in [0.1, 0.15) is 16.3 Å². The number of methoxy groups -OCH3 is 1. The molecule has 1 amide bonds. The highest BCUT2D eigenvalue weighted by molar-refractivity contribution is 6.35. The van der Waals surface area contributed by atoms with Gasteiger partial charge >= 0.3 is 0 Å². The number of hydrogen-bond acceptors (Lipinski definition) is 6. The molecule has 1 heterocycles. The van der Waals surface area contributed by atoms with Gasteiger partial charge < -0.3 is 19.2 Å². The number of furan rings is 1. The second kappa shape index (κ2) is 8.85. The Kier molecular flexibility index (Phi) is 6.26. The fourth-order valence-corrected chi connectivity index (χ4v) is 2.86. The van der Waals surface area contributed by atoms with Crippen molar-refractivity contribution in [2.24, 2.45) is 0 Å². The predicted octanol–water partition coefficient (Wildman–Crippen LogP) is 5.33. The van der Waals surface area contributed by atoms with Crippen LogP contribution in [0.3, 0.4) is 0 Å². The number of anilines is 1. The van der Waals surface area contributed by atoms with Crippen LogP contribution in [0.15, 0.2) is 52.9 Å². The Balaban J connectivity index is 1.69. The number of rotatable bonds is 7. The number of halogens is 2. The van der Waals surface area contributed by atoms with Crippen molar-refractivity contribution in [3.05, 3.63) is 80.2 Å². The average Bonchev–Trinajstić information content (AvgIpc) is 3.16. The molecule has 0 atom stereocenters. The van der Waals surface area contributed by atoms with Crippen molar-refractivity contribution in [2.45, 2.75) is 6.61 Å². The molecule has 0 spiro atoms. The van der Waals surface area contributed by atoms with E-state index in [0.29, 0.717) is 27.3 Å². The van der Waals surface area contributed by atoms with Gasteiger partial charge in [-0.1, -0.05) is 23.2 Å². The first-order valence-electron chi connectivity index (χ1n) is 8.17. The van der Waals surface area contributed by atoms with Crippen molar-refractivity contribution in [1.29, 1.82) is 0 Å². The molecule has 3 aromatic rings. The van der Waals surface area contributed by atoms with Gasteiger partial charge in [-0.25, -0.2) is 0 Å². The third-order valence-electron chi connectivity index (χ3n) is 3.80. The van der Waals surface area contributed by atoms with E-state index in [2.05, 4.69) is 5.32 Å². The monoisotopic (exact) mass is 436 g/mol. The fraction of sp³-hybridized carbons (Fsp3) is 0.105. The maximum Gasteiger partial charge on any atom is 0.296 e. The van der Waals surface area contributed by atoms with Crippen molar-refractivity contribution >= 4 is 40.5 Å². The van der Waals surface area contributed by atoms with Gasteiger partial charge in [0.15, 0.2) is 5.76 Å². The van der Waals surface area contributed by atoms with E-state index in [9.17, 15) is 14.9 Å². The van der Waals surface area contributed by atoms with Gasteiger partial charge in [0.1, 0.15) is 29.6 Å². The zero-order valence-corrected chi connectivity index (χ0v) is 16.5. The summed E-state index contributed by atoms with van der Waals surface area (Å²) < 4.78 is 16.0. The number of amides is 1. The largest absolute Gasteiger partial charge is 0.496 e. The van der Waals surface area contributed by atoms with E-state index in [4.69, 9.17) is 37.1 Å². The van der Waals surface area contributed by atoms with Gasteiger partial charge in [-0.2, -0.15) is 0 Å². The van der Waals surface area contributed by atoms with Gasteiger partial charge in [0.2, 0.25) is 0 Å². The van der Waals surface area contributed by atoms with Gasteiger partial charge in [-0.05, 0) is 42.5 Å². The third-order valence-corrected chi connectivity index (χ3v) is 4.33. The lowest BCUT2D eigenvalue weighted by atomic mass is 10.2. The highest BCUT2D eigenvalue weighted by Crippen LogP contribution is 2.30. The molecule has 0 aliphatic rings. The van der Waals surface area contributed by atoms with Crippen molar-refractivity contribution in [3.63, 3.8) is 0 Å². The molecular formula is C19H14Cl2N2O6. The highest BCUT2D eigenvalue weighted by Gasteiger charge is 2.20. The third kappa shape index (κ3) is 4.98. The molecule has 150 valence electrons. The zero-order chi connectivity index (χ0) is 21.0. The van der Waals surface area contributed by atoms with E-state index >= 15 is 0 Å². The molecule has 0 radical (unpaired) electrons. The summed E-state index contributed by atoms with van der Waals surface area (Å²) in [6.07, 6.45) is 0. The molecule has 10 heteroatoms. The van der Waals surface area contributed by atoms with Crippen LogP contribution >= 0.6 is 23.2 Å². The number of nitrogens with zero attached hydrogens (tertiary/aromatic N) is 1. The molecule has 0 saturated carbocycles. The molecule has 0 bridgehead atoms. The van der Waals surface area contributed by atoms with Crippen molar-refractivity contribution in [3.8, 4) is 11.5 Å². The second-order valence-corrected chi connectivity index (χ2v) is 6.57. The van der Waals surface area contributed by atoms with Gasteiger partial charge in [-0.15, -0.1) is 0 Å². The van der Waals surface area contributed by atoms with Crippen LogP contribution in [0.5, 0.6) is 11.5 Å². The normalized spacial score (nSPS) is 10.4. The van der Waals surface area contributed by atoms with Gasteiger partial charge in [0, 0.05) is 5.02 Å². The summed E-state index contributed by atoms with van der Waals surface area (Å²) in [5.74, 6) is 0.399. The average molecular weight is 437 g/mol. The summed E-state index contributed by atoms with van der Waals surface area (Å²) >= 11 is 11.9.